The zero-order chi connectivity index (χ0) is 8.85. The minimum Gasteiger partial charge on any atom is -0.550 e. The molecule has 0 bridgehead atoms. The molecule has 13 heavy (non-hydrogen) atoms. The first-order valence-corrected chi connectivity index (χ1v) is 3.64. The van der Waals surface area contributed by atoms with Gasteiger partial charge in [-0.1, -0.05) is 0 Å². The van der Waals surface area contributed by atoms with E-state index in [1.165, 1.54) is 0 Å². The van der Waals surface area contributed by atoms with Crippen LogP contribution >= 0.6 is 16.1 Å². The van der Waals surface area contributed by atoms with E-state index in [-0.39, 0.29) is 72.0 Å². The number of aliphatic carboxylic acids is 2. The van der Waals surface area contributed by atoms with Gasteiger partial charge < -0.3 is 19.8 Å². The molecule has 0 aromatic carbocycles. The van der Waals surface area contributed by atoms with Crippen molar-refractivity contribution in [3.63, 3.8) is 0 Å². The normalized spacial score (nSPS) is 10.5. The summed E-state index contributed by atoms with van der Waals surface area (Å²) in [5, 5.41) is 20.0. The van der Waals surface area contributed by atoms with E-state index in [1.54, 1.807) is 0 Å². The molecule has 64 valence electrons. The molecule has 0 unspecified atom stereocenters. The average Bonchev–Trinajstić information content (AvgIpc) is 1.87. The molecular weight excluding hydrogens is 264 g/mol. The van der Waals surface area contributed by atoms with E-state index in [0.29, 0.717) is 0 Å². The Labute approximate surface area is 129 Å². The minimum atomic E-state index is -1.34. The van der Waals surface area contributed by atoms with Crippen molar-refractivity contribution in [2.24, 2.45) is 0 Å². The molecule has 0 aromatic rings. The van der Waals surface area contributed by atoms with Gasteiger partial charge in [-0.2, -0.15) is 0 Å². The number of carboxylic acids is 2. The topological polar surface area (TPSA) is 92.3 Å². The number of hydrogen-bond donors (Lipinski definition) is 1. The van der Waals surface area contributed by atoms with Crippen molar-refractivity contribution in [1.29, 1.82) is 0 Å². The maximum atomic E-state index is 10.1. The van der Waals surface area contributed by atoms with Gasteiger partial charge in [-0.05, 0) is 12.8 Å². The second-order valence-electron chi connectivity index (χ2n) is 1.89. The molecule has 1 atom stereocenters. The zero-order valence-corrected chi connectivity index (χ0v) is 13.1. The van der Waals surface area contributed by atoms with E-state index in [9.17, 15) is 19.8 Å². The molecule has 0 spiro atoms. The molecule has 0 amide bonds. The Bertz CT molecular complexity index is 169. The Hall–Kier alpha value is 1.38. The minimum absolute atomic E-state index is 0. The molecule has 0 fully saturated rings. The van der Waals surface area contributed by atoms with Crippen molar-refractivity contribution in [3.8, 4) is 0 Å². The summed E-state index contributed by atoms with van der Waals surface area (Å²) in [5.41, 5.74) is 0. The third kappa shape index (κ3) is 11.3. The molecule has 0 aliphatic carbocycles. The summed E-state index contributed by atoms with van der Waals surface area (Å²) in [5.74, 6) is -2.62. The molecule has 0 heterocycles. The summed E-state index contributed by atoms with van der Waals surface area (Å²) in [6.07, 6.45) is -0.368. The molecule has 8 heteroatoms. The van der Waals surface area contributed by atoms with Gasteiger partial charge in [-0.25, -0.2) is 4.34 Å². The van der Waals surface area contributed by atoms with Gasteiger partial charge in [0, 0.05) is 22.1 Å². The number of carboxylic acid groups (broad SMARTS) is 2. The first kappa shape index (κ1) is 19.9. The van der Waals surface area contributed by atoms with Crippen LogP contribution in [-0.2, 0) is 9.59 Å². The quantitative estimate of drug-likeness (QED) is 0.395. The molecule has 0 rings (SSSR count). The fraction of sp³-hybridized carbons (Fsp3) is 0.600. The van der Waals surface area contributed by atoms with E-state index in [2.05, 4.69) is 20.5 Å². The van der Waals surface area contributed by atoms with E-state index in [0.717, 1.165) is 0 Å². The van der Waals surface area contributed by atoms with Crippen LogP contribution < -0.4 is 73.7 Å². The molecule has 0 aromatic heterocycles. The average molecular weight is 270 g/mol. The van der Waals surface area contributed by atoms with E-state index in [1.807, 2.05) is 0 Å². The predicted molar refractivity (Wildman–Crippen MR) is 35.1 cm³/mol. The molecule has 0 saturated carbocycles. The Morgan fingerprint density at radius 1 is 1.31 bits per heavy atom. The van der Waals surface area contributed by atoms with Crippen LogP contribution in [0.2, 0.25) is 0 Å². The van der Waals surface area contributed by atoms with E-state index < -0.39 is 18.0 Å². The van der Waals surface area contributed by atoms with Crippen molar-refractivity contribution in [2.75, 3.05) is 0 Å². The molecule has 0 aliphatic heterocycles. The molecule has 0 radical (unpaired) electrons. The number of nitrogens with one attached hydrogen (secondary N) is 1. The first-order chi connectivity index (χ1) is 5.07. The van der Waals surface area contributed by atoms with Crippen molar-refractivity contribution < 1.29 is 78.9 Å². The Kier molecular flexibility index (Phi) is 17.5. The zero-order valence-electron chi connectivity index (χ0n) is 7.50. The van der Waals surface area contributed by atoms with Crippen LogP contribution in [0.4, 0.5) is 0 Å². The number of halogens is 1. The fourth-order valence-corrected chi connectivity index (χ4v) is 0.895. The van der Waals surface area contributed by atoms with Gasteiger partial charge in [-0.15, -0.1) is 0 Å². The van der Waals surface area contributed by atoms with Crippen LogP contribution in [-0.4, -0.2) is 18.0 Å². The summed E-state index contributed by atoms with van der Waals surface area (Å²) in [4.78, 5) is 20.0. The van der Waals surface area contributed by atoms with Crippen LogP contribution in [0.1, 0.15) is 12.8 Å². The van der Waals surface area contributed by atoms with Gasteiger partial charge in [0.25, 0.3) is 0 Å². The summed E-state index contributed by atoms with van der Waals surface area (Å²) in [7, 11) is 0. The molecule has 0 aliphatic rings. The van der Waals surface area contributed by atoms with Gasteiger partial charge in [0.15, 0.2) is 0 Å². The van der Waals surface area contributed by atoms with Crippen LogP contribution in [0.15, 0.2) is 0 Å². The van der Waals surface area contributed by atoms with E-state index in [4.69, 9.17) is 0 Å². The van der Waals surface area contributed by atoms with Crippen LogP contribution in [0.3, 0.4) is 0 Å². The Balaban J connectivity index is -0.000000500. The third-order valence-corrected chi connectivity index (χ3v) is 1.61. The van der Waals surface area contributed by atoms with Crippen LogP contribution in [0.5, 0.6) is 0 Å². The molecular formula is C5H6BrNNa2O4. The van der Waals surface area contributed by atoms with Gasteiger partial charge in [0.05, 0.1) is 12.0 Å². The van der Waals surface area contributed by atoms with Crippen molar-refractivity contribution in [1.82, 2.24) is 4.34 Å². The summed E-state index contributed by atoms with van der Waals surface area (Å²) in [6.45, 7) is 0. The van der Waals surface area contributed by atoms with Gasteiger partial charge in [0.1, 0.15) is 0 Å². The van der Waals surface area contributed by atoms with Gasteiger partial charge >= 0.3 is 59.1 Å². The maximum absolute atomic E-state index is 10.1. The molecule has 1 N–H and O–H groups in total. The molecule has 0 saturated heterocycles. The van der Waals surface area contributed by atoms with Crippen LogP contribution in [0, 0.1) is 0 Å². The molecule has 5 nitrogen and oxygen atoms in total. The second-order valence-corrected chi connectivity index (χ2v) is 2.35. The number of carbonyl (C=O) groups excluding carboxylic acids is 2. The van der Waals surface area contributed by atoms with Gasteiger partial charge in [-0.3, -0.25) is 0 Å². The summed E-state index contributed by atoms with van der Waals surface area (Å²) >= 11 is 2.68. The van der Waals surface area contributed by atoms with Crippen LogP contribution in [0.25, 0.3) is 0 Å². The largest absolute Gasteiger partial charge is 1.00 e. The number of rotatable bonds is 5. The third-order valence-electron chi connectivity index (χ3n) is 1.05. The maximum Gasteiger partial charge on any atom is 1.00 e. The smallest absolute Gasteiger partial charge is 0.550 e. The second kappa shape index (κ2) is 11.5. The van der Waals surface area contributed by atoms with E-state index >= 15 is 0 Å². The van der Waals surface area contributed by atoms with Crippen molar-refractivity contribution >= 4 is 28.1 Å². The fourth-order valence-electron chi connectivity index (χ4n) is 0.479. The summed E-state index contributed by atoms with van der Waals surface area (Å²) < 4.78 is 2.22. The number of hydrogen-bond acceptors (Lipinski definition) is 5. The van der Waals surface area contributed by atoms with Gasteiger partial charge in [0.2, 0.25) is 0 Å². The standard InChI is InChI=1S/C5H8BrNO4.2Na/c6-7-3(5(10)11)1-2-4(8)9;;/h3,7H,1-2H2,(H,8,9)(H,10,11);;/q;2*+1/p-2/t3-;;/m0../s1. The number of carbonyl (C=O) groups is 2. The SMILES string of the molecule is O=C([O-])CC[C@H](NBr)C(=O)[O-].[Na+].[Na+]. The van der Waals surface area contributed by atoms with Crippen molar-refractivity contribution in [3.05, 3.63) is 0 Å². The first-order valence-electron chi connectivity index (χ1n) is 2.84. The Morgan fingerprint density at radius 2 is 1.77 bits per heavy atom. The van der Waals surface area contributed by atoms with Crippen molar-refractivity contribution in [2.45, 2.75) is 18.9 Å². The predicted octanol–water partition coefficient (Wildman–Crippen LogP) is -8.46. The summed E-state index contributed by atoms with van der Waals surface area (Å²) in [6, 6.07) is -0.993. The Morgan fingerprint density at radius 3 is 2.00 bits per heavy atom. The monoisotopic (exact) mass is 269 g/mol.